The number of aromatic amines is 1. The molecule has 1 aromatic heterocycles. The average molecular weight is 289 g/mol. The number of ether oxygens (including phenoxy) is 1. The van der Waals surface area contributed by atoms with Crippen LogP contribution in [-0.4, -0.2) is 38.1 Å². The Labute approximate surface area is 115 Å². The summed E-state index contributed by atoms with van der Waals surface area (Å²) in [4.78, 5) is 6.74. The maximum absolute atomic E-state index is 11.9. The summed E-state index contributed by atoms with van der Waals surface area (Å²) < 4.78 is 31.6. The zero-order valence-electron chi connectivity index (χ0n) is 11.8. The third kappa shape index (κ3) is 5.71. The van der Waals surface area contributed by atoms with Gasteiger partial charge in [-0.25, -0.2) is 18.1 Å². The smallest absolute Gasteiger partial charge is 0.257 e. The Morgan fingerprint density at radius 1 is 1.42 bits per heavy atom. The molecule has 2 N–H and O–H groups in total. The van der Waals surface area contributed by atoms with Crippen LogP contribution in [0.25, 0.3) is 0 Å². The van der Waals surface area contributed by atoms with Gasteiger partial charge in [0.05, 0.1) is 12.8 Å². The molecule has 0 atom stereocenters. The lowest BCUT2D eigenvalue weighted by Gasteiger charge is -2.07. The van der Waals surface area contributed by atoms with Gasteiger partial charge in [-0.3, -0.25) is 0 Å². The summed E-state index contributed by atoms with van der Waals surface area (Å²) >= 11 is 0. The number of hydrogen-bond donors (Lipinski definition) is 2. The molecule has 0 aliphatic heterocycles. The molecule has 1 heterocycles. The minimum atomic E-state index is -3.50. The van der Waals surface area contributed by atoms with Crippen molar-refractivity contribution in [2.75, 3.05) is 19.8 Å². The van der Waals surface area contributed by atoms with E-state index >= 15 is 0 Å². The Bertz CT molecular complexity index is 468. The molecular formula is C12H23N3O3S. The first kappa shape index (κ1) is 16.1. The van der Waals surface area contributed by atoms with Crippen LogP contribution in [0.15, 0.2) is 11.2 Å². The highest BCUT2D eigenvalue weighted by Gasteiger charge is 2.15. The lowest BCUT2D eigenvalue weighted by molar-refractivity contribution is 0.128. The number of aromatic nitrogens is 2. The van der Waals surface area contributed by atoms with E-state index in [9.17, 15) is 8.42 Å². The Balaban J connectivity index is 2.31. The van der Waals surface area contributed by atoms with Crippen LogP contribution in [0.1, 0.15) is 33.0 Å². The summed E-state index contributed by atoms with van der Waals surface area (Å²) in [6.07, 6.45) is 2.99. The van der Waals surface area contributed by atoms with Gasteiger partial charge in [0.2, 0.25) is 0 Å². The molecule has 0 amide bonds. The largest absolute Gasteiger partial charge is 0.380 e. The number of aryl methyl sites for hydroxylation is 1. The van der Waals surface area contributed by atoms with Gasteiger partial charge in [0.25, 0.3) is 10.0 Å². The molecule has 0 radical (unpaired) electrons. The van der Waals surface area contributed by atoms with Crippen molar-refractivity contribution in [2.45, 2.75) is 38.6 Å². The molecule has 0 aliphatic rings. The second-order valence-corrected chi connectivity index (χ2v) is 6.48. The Kier molecular flexibility index (Phi) is 6.47. The second-order valence-electron chi connectivity index (χ2n) is 4.74. The van der Waals surface area contributed by atoms with Gasteiger partial charge in [-0.05, 0) is 12.3 Å². The average Bonchev–Trinajstić information content (AvgIpc) is 2.82. The number of H-pyrrole nitrogens is 1. The maximum Gasteiger partial charge on any atom is 0.257 e. The Hall–Kier alpha value is -0.920. The van der Waals surface area contributed by atoms with Crippen molar-refractivity contribution in [3.8, 4) is 0 Å². The molecule has 7 heteroatoms. The van der Waals surface area contributed by atoms with Gasteiger partial charge in [-0.1, -0.05) is 20.8 Å². The quantitative estimate of drug-likeness (QED) is 0.671. The van der Waals surface area contributed by atoms with E-state index in [1.165, 1.54) is 6.20 Å². The van der Waals surface area contributed by atoms with Crippen molar-refractivity contribution in [3.05, 3.63) is 12.0 Å². The van der Waals surface area contributed by atoms with Gasteiger partial charge in [-0.2, -0.15) is 0 Å². The van der Waals surface area contributed by atoms with Crippen LogP contribution in [-0.2, 0) is 21.2 Å². The van der Waals surface area contributed by atoms with E-state index in [1.54, 1.807) is 0 Å². The lowest BCUT2D eigenvalue weighted by Crippen LogP contribution is -2.28. The molecule has 1 rings (SSSR count). The zero-order chi connectivity index (χ0) is 14.3. The molecule has 0 aromatic carbocycles. The monoisotopic (exact) mass is 289 g/mol. The van der Waals surface area contributed by atoms with Crippen LogP contribution in [0, 0.1) is 5.92 Å². The first-order chi connectivity index (χ1) is 8.95. The van der Waals surface area contributed by atoms with E-state index in [-0.39, 0.29) is 11.6 Å². The molecule has 19 heavy (non-hydrogen) atoms. The summed E-state index contributed by atoms with van der Waals surface area (Å²) in [5.41, 5.74) is 0. The first-order valence-corrected chi connectivity index (χ1v) is 8.05. The molecular weight excluding hydrogens is 266 g/mol. The fourth-order valence-electron chi connectivity index (χ4n) is 1.41. The fraction of sp³-hybridized carbons (Fsp3) is 0.750. The summed E-state index contributed by atoms with van der Waals surface area (Å²) in [6.45, 7) is 7.45. The van der Waals surface area contributed by atoms with E-state index in [2.05, 4.69) is 28.5 Å². The topological polar surface area (TPSA) is 84.1 Å². The molecule has 0 fully saturated rings. The molecule has 0 saturated carbocycles. The number of hydrogen-bond acceptors (Lipinski definition) is 4. The van der Waals surface area contributed by atoms with Crippen molar-refractivity contribution in [1.82, 2.24) is 14.7 Å². The first-order valence-electron chi connectivity index (χ1n) is 6.57. The minimum Gasteiger partial charge on any atom is -0.380 e. The van der Waals surface area contributed by atoms with Crippen molar-refractivity contribution >= 4 is 10.0 Å². The number of nitrogens with one attached hydrogen (secondary N) is 2. The van der Waals surface area contributed by atoms with Crippen LogP contribution in [0.2, 0.25) is 0 Å². The highest BCUT2D eigenvalue weighted by Crippen LogP contribution is 2.05. The van der Waals surface area contributed by atoms with E-state index in [4.69, 9.17) is 4.74 Å². The van der Waals surface area contributed by atoms with Crippen molar-refractivity contribution in [3.63, 3.8) is 0 Å². The van der Waals surface area contributed by atoms with E-state index in [1.807, 2.05) is 6.92 Å². The van der Waals surface area contributed by atoms with Gasteiger partial charge in [0, 0.05) is 19.6 Å². The van der Waals surface area contributed by atoms with E-state index < -0.39 is 10.0 Å². The number of sulfonamides is 1. The molecule has 6 nitrogen and oxygen atoms in total. The molecule has 0 spiro atoms. The van der Waals surface area contributed by atoms with Gasteiger partial charge in [-0.15, -0.1) is 0 Å². The number of imidazole rings is 1. The normalized spacial score (nSPS) is 12.2. The zero-order valence-corrected chi connectivity index (χ0v) is 12.6. The van der Waals surface area contributed by atoms with Gasteiger partial charge in [0.15, 0.2) is 5.03 Å². The number of nitrogens with zero attached hydrogens (tertiary/aromatic N) is 1. The summed E-state index contributed by atoms with van der Waals surface area (Å²) in [5, 5.41) is 0.103. The van der Waals surface area contributed by atoms with Gasteiger partial charge in [0.1, 0.15) is 5.82 Å². The molecule has 0 unspecified atom stereocenters. The SMILES string of the molecule is CCc1ncc(S(=O)(=O)NCCOCCC(C)C)[nH]1. The molecule has 110 valence electrons. The molecule has 1 aromatic rings. The van der Waals surface area contributed by atoms with Crippen LogP contribution >= 0.6 is 0 Å². The Morgan fingerprint density at radius 2 is 2.16 bits per heavy atom. The van der Waals surface area contributed by atoms with E-state index in [0.29, 0.717) is 31.4 Å². The van der Waals surface area contributed by atoms with Crippen LogP contribution in [0.3, 0.4) is 0 Å². The lowest BCUT2D eigenvalue weighted by atomic mass is 10.1. The minimum absolute atomic E-state index is 0.103. The molecule has 0 aliphatic carbocycles. The van der Waals surface area contributed by atoms with Crippen molar-refractivity contribution in [1.29, 1.82) is 0 Å². The summed E-state index contributed by atoms with van der Waals surface area (Å²) in [5.74, 6) is 1.25. The summed E-state index contributed by atoms with van der Waals surface area (Å²) in [7, 11) is -3.50. The van der Waals surface area contributed by atoms with Gasteiger partial charge < -0.3 is 9.72 Å². The van der Waals surface area contributed by atoms with Crippen molar-refractivity contribution < 1.29 is 13.2 Å². The predicted octanol–water partition coefficient (Wildman–Crippen LogP) is 1.31. The van der Waals surface area contributed by atoms with Crippen molar-refractivity contribution in [2.24, 2.45) is 5.92 Å². The molecule has 0 bridgehead atoms. The number of rotatable bonds is 9. The highest BCUT2D eigenvalue weighted by molar-refractivity contribution is 7.89. The summed E-state index contributed by atoms with van der Waals surface area (Å²) in [6, 6.07) is 0. The standard InChI is InChI=1S/C12H23N3O3S/c1-4-11-13-9-12(15-11)19(16,17)14-6-8-18-7-5-10(2)3/h9-10,14H,4-8H2,1-3H3,(H,13,15). The van der Waals surface area contributed by atoms with E-state index in [0.717, 1.165) is 6.42 Å². The second kappa shape index (κ2) is 7.62. The fourth-order valence-corrected chi connectivity index (χ4v) is 2.36. The van der Waals surface area contributed by atoms with Gasteiger partial charge >= 0.3 is 0 Å². The van der Waals surface area contributed by atoms with Crippen LogP contribution in [0.4, 0.5) is 0 Å². The van der Waals surface area contributed by atoms with Crippen LogP contribution < -0.4 is 4.72 Å². The maximum atomic E-state index is 11.9. The molecule has 0 saturated heterocycles. The predicted molar refractivity (Wildman–Crippen MR) is 73.4 cm³/mol. The Morgan fingerprint density at radius 3 is 2.74 bits per heavy atom. The third-order valence-electron chi connectivity index (χ3n) is 2.61. The van der Waals surface area contributed by atoms with Crippen LogP contribution in [0.5, 0.6) is 0 Å². The third-order valence-corrected chi connectivity index (χ3v) is 3.98. The highest BCUT2D eigenvalue weighted by atomic mass is 32.2.